The molecule has 0 aliphatic rings. The highest BCUT2D eigenvalue weighted by atomic mass is 32.2. The van der Waals surface area contributed by atoms with Gasteiger partial charge in [0.05, 0.1) is 5.69 Å². The van der Waals surface area contributed by atoms with Crippen LogP contribution in [-0.2, 0) is 16.3 Å². The van der Waals surface area contributed by atoms with Gasteiger partial charge in [-0.1, -0.05) is 6.07 Å². The molecule has 0 aromatic carbocycles. The van der Waals surface area contributed by atoms with Gasteiger partial charge < -0.3 is 10.1 Å². The molecule has 0 amide bonds. The van der Waals surface area contributed by atoms with Crippen molar-refractivity contribution in [1.29, 1.82) is 0 Å². The van der Waals surface area contributed by atoms with Crippen LogP contribution < -0.4 is 0 Å². The Morgan fingerprint density at radius 1 is 1.56 bits per heavy atom. The van der Waals surface area contributed by atoms with Crippen molar-refractivity contribution in [2.45, 2.75) is 11.6 Å². The Labute approximate surface area is 107 Å². The first-order chi connectivity index (χ1) is 8.38. The van der Waals surface area contributed by atoms with E-state index < -0.39 is 15.8 Å². The molecule has 0 unspecified atom stereocenters. The van der Waals surface area contributed by atoms with Crippen LogP contribution in [-0.4, -0.2) is 35.7 Å². The summed E-state index contributed by atoms with van der Waals surface area (Å²) in [5.74, 6) is -1.24. The SMILES string of the molecule is CS(=O)(=O)c1nc(C(=O)O)c(Cc2cccs2)[nH]1. The second kappa shape index (κ2) is 4.54. The zero-order chi connectivity index (χ0) is 13.3. The Hall–Kier alpha value is -1.67. The van der Waals surface area contributed by atoms with E-state index in [4.69, 9.17) is 5.11 Å². The zero-order valence-corrected chi connectivity index (χ0v) is 11.0. The van der Waals surface area contributed by atoms with Crippen LogP contribution in [0.15, 0.2) is 22.7 Å². The second-order valence-corrected chi connectivity index (χ2v) is 6.67. The number of rotatable bonds is 4. The molecule has 2 rings (SSSR count). The second-order valence-electron chi connectivity index (χ2n) is 3.70. The quantitative estimate of drug-likeness (QED) is 0.878. The van der Waals surface area contributed by atoms with Gasteiger partial charge in [-0.15, -0.1) is 11.3 Å². The van der Waals surface area contributed by atoms with Gasteiger partial charge in [-0.2, -0.15) is 0 Å². The first kappa shape index (κ1) is 12.8. The van der Waals surface area contributed by atoms with E-state index in [2.05, 4.69) is 9.97 Å². The van der Waals surface area contributed by atoms with Crippen molar-refractivity contribution in [3.05, 3.63) is 33.8 Å². The first-order valence-corrected chi connectivity index (χ1v) is 7.69. The fourth-order valence-corrected chi connectivity index (χ4v) is 2.74. The lowest BCUT2D eigenvalue weighted by atomic mass is 10.2. The average molecular weight is 286 g/mol. The number of hydrogen-bond donors (Lipinski definition) is 2. The number of nitrogens with zero attached hydrogens (tertiary/aromatic N) is 1. The predicted molar refractivity (Wildman–Crippen MR) is 65.8 cm³/mol. The van der Waals surface area contributed by atoms with Crippen LogP contribution >= 0.6 is 11.3 Å². The Morgan fingerprint density at radius 3 is 2.78 bits per heavy atom. The normalized spacial score (nSPS) is 11.6. The predicted octanol–water partition coefficient (Wildman–Crippen LogP) is 1.16. The van der Waals surface area contributed by atoms with E-state index in [0.29, 0.717) is 12.1 Å². The van der Waals surface area contributed by atoms with E-state index in [1.54, 1.807) is 0 Å². The number of carboxylic acid groups (broad SMARTS) is 1. The summed E-state index contributed by atoms with van der Waals surface area (Å²) in [5, 5.41) is 10.6. The number of aromatic carboxylic acids is 1. The smallest absolute Gasteiger partial charge is 0.356 e. The highest BCUT2D eigenvalue weighted by Gasteiger charge is 2.21. The Balaban J connectivity index is 2.45. The first-order valence-electron chi connectivity index (χ1n) is 4.92. The van der Waals surface area contributed by atoms with Gasteiger partial charge in [-0.05, 0) is 11.4 Å². The van der Waals surface area contributed by atoms with Crippen LogP contribution in [0.2, 0.25) is 0 Å². The number of thiophene rings is 1. The summed E-state index contributed by atoms with van der Waals surface area (Å²) in [5.41, 5.74) is 0.0502. The van der Waals surface area contributed by atoms with Crippen molar-refractivity contribution in [3.8, 4) is 0 Å². The number of aromatic nitrogens is 2. The van der Waals surface area contributed by atoms with Crippen LogP contribution in [0.4, 0.5) is 0 Å². The molecule has 0 fully saturated rings. The molecule has 0 atom stereocenters. The number of sulfone groups is 1. The fraction of sp³-hybridized carbons (Fsp3) is 0.200. The average Bonchev–Trinajstić information content (AvgIpc) is 2.85. The van der Waals surface area contributed by atoms with Gasteiger partial charge in [0.25, 0.3) is 0 Å². The number of carboxylic acids is 1. The summed E-state index contributed by atoms with van der Waals surface area (Å²) in [6.07, 6.45) is 1.30. The van der Waals surface area contributed by atoms with E-state index in [9.17, 15) is 13.2 Å². The van der Waals surface area contributed by atoms with Crippen LogP contribution in [0.3, 0.4) is 0 Å². The number of aromatic amines is 1. The molecule has 18 heavy (non-hydrogen) atoms. The minimum atomic E-state index is -3.54. The Morgan fingerprint density at radius 2 is 2.28 bits per heavy atom. The van der Waals surface area contributed by atoms with Crippen LogP contribution in [0.5, 0.6) is 0 Å². The number of nitrogens with one attached hydrogen (secondary N) is 1. The van der Waals surface area contributed by atoms with Crippen molar-refractivity contribution >= 4 is 27.1 Å². The number of H-pyrrole nitrogens is 1. The van der Waals surface area contributed by atoms with Crippen LogP contribution in [0.1, 0.15) is 21.1 Å². The standard InChI is InChI=1S/C10H10N2O4S2/c1-18(15,16)10-11-7(8(12-10)9(13)14)5-6-3-2-4-17-6/h2-4H,5H2,1H3,(H,11,12)(H,13,14). The molecule has 2 aromatic heterocycles. The lowest BCUT2D eigenvalue weighted by Gasteiger charge is -1.96. The third kappa shape index (κ3) is 2.59. The summed E-state index contributed by atoms with van der Waals surface area (Å²) in [7, 11) is -3.54. The van der Waals surface area contributed by atoms with E-state index in [0.717, 1.165) is 11.1 Å². The maximum absolute atomic E-state index is 11.3. The molecule has 2 aromatic rings. The monoisotopic (exact) mass is 286 g/mol. The van der Waals surface area contributed by atoms with Gasteiger partial charge in [-0.25, -0.2) is 18.2 Å². The third-order valence-electron chi connectivity index (χ3n) is 2.24. The molecule has 0 bridgehead atoms. The molecule has 0 aliphatic carbocycles. The van der Waals surface area contributed by atoms with E-state index in [1.165, 1.54) is 11.3 Å². The molecular formula is C10H10N2O4S2. The van der Waals surface area contributed by atoms with Crippen molar-refractivity contribution < 1.29 is 18.3 Å². The van der Waals surface area contributed by atoms with Crippen LogP contribution in [0.25, 0.3) is 0 Å². The van der Waals surface area contributed by atoms with Gasteiger partial charge >= 0.3 is 5.97 Å². The van der Waals surface area contributed by atoms with E-state index in [-0.39, 0.29) is 10.9 Å². The highest BCUT2D eigenvalue weighted by Crippen LogP contribution is 2.18. The molecule has 2 heterocycles. The Bertz CT molecular complexity index is 671. The van der Waals surface area contributed by atoms with Crippen molar-refractivity contribution in [3.63, 3.8) is 0 Å². The fourth-order valence-electron chi connectivity index (χ4n) is 1.45. The van der Waals surface area contributed by atoms with Gasteiger partial charge in [0.15, 0.2) is 5.69 Å². The molecule has 0 saturated carbocycles. The number of hydrogen-bond acceptors (Lipinski definition) is 5. The summed E-state index contributed by atoms with van der Waals surface area (Å²) < 4.78 is 22.7. The topological polar surface area (TPSA) is 100 Å². The van der Waals surface area contributed by atoms with E-state index in [1.807, 2.05) is 17.5 Å². The van der Waals surface area contributed by atoms with Crippen molar-refractivity contribution in [2.75, 3.05) is 6.26 Å². The molecule has 6 nitrogen and oxygen atoms in total. The minimum absolute atomic E-state index is 0.246. The van der Waals surface area contributed by atoms with Gasteiger partial charge in [0.2, 0.25) is 15.0 Å². The van der Waals surface area contributed by atoms with Gasteiger partial charge in [-0.3, -0.25) is 0 Å². The molecule has 0 saturated heterocycles. The number of imidazole rings is 1. The summed E-state index contributed by atoms with van der Waals surface area (Å²) in [4.78, 5) is 18.1. The largest absolute Gasteiger partial charge is 0.476 e. The molecule has 2 N–H and O–H groups in total. The summed E-state index contributed by atoms with van der Waals surface area (Å²) in [6, 6.07) is 3.69. The highest BCUT2D eigenvalue weighted by molar-refractivity contribution is 7.90. The maximum Gasteiger partial charge on any atom is 0.356 e. The van der Waals surface area contributed by atoms with Gasteiger partial charge in [0, 0.05) is 17.6 Å². The molecule has 0 spiro atoms. The van der Waals surface area contributed by atoms with Gasteiger partial charge in [0.1, 0.15) is 0 Å². The Kier molecular flexibility index (Phi) is 3.22. The van der Waals surface area contributed by atoms with Crippen molar-refractivity contribution in [1.82, 2.24) is 9.97 Å². The molecule has 96 valence electrons. The summed E-state index contributed by atoms with van der Waals surface area (Å²) in [6.45, 7) is 0. The molecule has 8 heteroatoms. The zero-order valence-electron chi connectivity index (χ0n) is 9.37. The molecule has 0 aliphatic heterocycles. The minimum Gasteiger partial charge on any atom is -0.476 e. The van der Waals surface area contributed by atoms with E-state index >= 15 is 0 Å². The van der Waals surface area contributed by atoms with Crippen molar-refractivity contribution in [2.24, 2.45) is 0 Å². The lowest BCUT2D eigenvalue weighted by molar-refractivity contribution is 0.0689. The molecule has 0 radical (unpaired) electrons. The third-order valence-corrected chi connectivity index (χ3v) is 4.01. The summed E-state index contributed by atoms with van der Waals surface area (Å²) >= 11 is 1.46. The maximum atomic E-state index is 11.3. The number of carbonyl (C=O) groups is 1. The van der Waals surface area contributed by atoms with Crippen LogP contribution in [0, 0.1) is 0 Å². The lowest BCUT2D eigenvalue weighted by Crippen LogP contribution is -2.02. The molecular weight excluding hydrogens is 276 g/mol.